The fourth-order valence-corrected chi connectivity index (χ4v) is 1.70. The van der Waals surface area contributed by atoms with Crippen LogP contribution in [0.1, 0.15) is 5.56 Å². The van der Waals surface area contributed by atoms with Crippen LogP contribution >= 0.6 is 11.6 Å². The number of H-pyrrole nitrogens is 1. The van der Waals surface area contributed by atoms with E-state index in [2.05, 4.69) is 10.3 Å². The molecule has 0 radical (unpaired) electrons. The summed E-state index contributed by atoms with van der Waals surface area (Å²) in [5, 5.41) is 12.8. The van der Waals surface area contributed by atoms with Crippen molar-refractivity contribution < 1.29 is 14.5 Å². The van der Waals surface area contributed by atoms with Crippen LogP contribution in [-0.4, -0.2) is 16.0 Å². The fourth-order valence-electron chi connectivity index (χ4n) is 1.54. The molecule has 0 atom stereocenters. The van der Waals surface area contributed by atoms with E-state index in [1.807, 2.05) is 0 Å². The van der Waals surface area contributed by atoms with Crippen molar-refractivity contribution in [2.45, 2.75) is 13.5 Å². The van der Waals surface area contributed by atoms with Gasteiger partial charge in [-0.25, -0.2) is 4.57 Å². The Labute approximate surface area is 109 Å². The number of aromatic nitrogens is 2. The van der Waals surface area contributed by atoms with Gasteiger partial charge in [-0.2, -0.15) is 0 Å². The highest BCUT2D eigenvalue weighted by atomic mass is 35.5. The number of hydrogen-bond acceptors (Lipinski definition) is 2. The molecule has 5 nitrogen and oxygen atoms in total. The number of halogens is 1. The molecule has 0 unspecified atom stereocenters. The summed E-state index contributed by atoms with van der Waals surface area (Å²) < 4.78 is 1.68. The molecule has 2 rings (SSSR count). The van der Waals surface area contributed by atoms with Gasteiger partial charge < -0.3 is 10.4 Å². The highest BCUT2D eigenvalue weighted by Gasteiger charge is 2.11. The number of carbonyl (C=O) groups is 1. The molecule has 0 saturated heterocycles. The lowest BCUT2D eigenvalue weighted by Gasteiger charge is -2.08. The molecule has 1 amide bonds. The van der Waals surface area contributed by atoms with E-state index in [1.165, 1.54) is 12.1 Å². The van der Waals surface area contributed by atoms with Crippen LogP contribution in [0.4, 0.5) is 5.69 Å². The number of phenols is 1. The van der Waals surface area contributed by atoms with Gasteiger partial charge in [-0.05, 0) is 24.6 Å². The second-order valence-corrected chi connectivity index (χ2v) is 4.36. The molecule has 0 aliphatic heterocycles. The summed E-state index contributed by atoms with van der Waals surface area (Å²) in [5.74, 6) is -0.237. The average Bonchev–Trinajstić information content (AvgIpc) is 2.78. The Morgan fingerprint density at radius 1 is 1.56 bits per heavy atom. The average molecular weight is 267 g/mol. The SMILES string of the molecule is Cc1cc(O)c(NC(=O)C[n+]2cc[nH]c2)cc1Cl. The summed E-state index contributed by atoms with van der Waals surface area (Å²) in [6.45, 7) is 1.94. The maximum Gasteiger partial charge on any atom is 0.266 e. The molecule has 0 aliphatic rings. The first-order valence-electron chi connectivity index (χ1n) is 5.37. The minimum atomic E-state index is -0.241. The number of aromatic hydroxyl groups is 1. The molecule has 94 valence electrons. The van der Waals surface area contributed by atoms with Gasteiger partial charge in [-0.15, -0.1) is 0 Å². The summed E-state index contributed by atoms with van der Waals surface area (Å²) in [4.78, 5) is 14.6. The highest BCUT2D eigenvalue weighted by molar-refractivity contribution is 6.31. The quantitative estimate of drug-likeness (QED) is 0.584. The van der Waals surface area contributed by atoms with Crippen LogP contribution in [0.25, 0.3) is 0 Å². The van der Waals surface area contributed by atoms with Crippen LogP contribution in [0.15, 0.2) is 30.9 Å². The topological polar surface area (TPSA) is 69.0 Å². The maximum absolute atomic E-state index is 11.7. The number of imidazole rings is 1. The molecule has 0 fully saturated rings. The Bertz CT molecular complexity index is 567. The van der Waals surface area contributed by atoms with Crippen LogP contribution < -0.4 is 9.88 Å². The molecule has 0 bridgehead atoms. The van der Waals surface area contributed by atoms with Crippen molar-refractivity contribution in [1.82, 2.24) is 4.98 Å². The summed E-state index contributed by atoms with van der Waals surface area (Å²) in [7, 11) is 0. The van der Waals surface area contributed by atoms with E-state index in [9.17, 15) is 9.90 Å². The Hall–Kier alpha value is -2.01. The van der Waals surface area contributed by atoms with Crippen LogP contribution in [0.2, 0.25) is 5.02 Å². The maximum atomic E-state index is 11.7. The number of aryl methyl sites for hydroxylation is 1. The van der Waals surface area contributed by atoms with E-state index in [0.717, 1.165) is 5.56 Å². The number of phenolic OH excluding ortho intramolecular Hbond substituents is 1. The number of hydrogen-bond donors (Lipinski definition) is 3. The number of anilines is 1. The highest BCUT2D eigenvalue weighted by Crippen LogP contribution is 2.29. The third kappa shape index (κ3) is 2.81. The predicted octanol–water partition coefficient (Wildman–Crippen LogP) is 1.61. The molecule has 3 N–H and O–H groups in total. The number of amides is 1. The van der Waals surface area contributed by atoms with Gasteiger partial charge >= 0.3 is 0 Å². The first-order chi connectivity index (χ1) is 8.56. The standard InChI is InChI=1S/C12H12ClN3O2/c1-8-4-11(17)10(5-9(8)13)15-12(18)6-16-3-2-14-7-16/h2-5,7H,6H2,1H3,(H2,15,17,18)/p+1. The minimum Gasteiger partial charge on any atom is -0.506 e. The molecular weight excluding hydrogens is 254 g/mol. The van der Waals surface area contributed by atoms with E-state index in [0.29, 0.717) is 10.7 Å². The molecule has 0 saturated carbocycles. The largest absolute Gasteiger partial charge is 0.506 e. The summed E-state index contributed by atoms with van der Waals surface area (Å²) in [6.07, 6.45) is 5.12. The third-order valence-corrected chi connectivity index (χ3v) is 2.89. The first-order valence-corrected chi connectivity index (χ1v) is 5.75. The lowest BCUT2D eigenvalue weighted by Crippen LogP contribution is -2.38. The number of benzene rings is 1. The molecule has 1 heterocycles. The van der Waals surface area contributed by atoms with E-state index >= 15 is 0 Å². The van der Waals surface area contributed by atoms with Gasteiger partial charge in [0.1, 0.15) is 18.1 Å². The second-order valence-electron chi connectivity index (χ2n) is 3.95. The predicted molar refractivity (Wildman–Crippen MR) is 67.5 cm³/mol. The number of nitrogens with zero attached hydrogens (tertiary/aromatic N) is 1. The molecule has 0 spiro atoms. The van der Waals surface area contributed by atoms with Gasteiger partial charge in [-0.1, -0.05) is 11.6 Å². The molecule has 6 heteroatoms. The number of aromatic amines is 1. The second kappa shape index (κ2) is 5.10. The normalized spacial score (nSPS) is 10.3. The first kappa shape index (κ1) is 12.4. The van der Waals surface area contributed by atoms with Crippen molar-refractivity contribution in [3.05, 3.63) is 41.4 Å². The van der Waals surface area contributed by atoms with E-state index < -0.39 is 0 Å². The molecule has 18 heavy (non-hydrogen) atoms. The van der Waals surface area contributed by atoms with Crippen molar-refractivity contribution in [1.29, 1.82) is 0 Å². The van der Waals surface area contributed by atoms with E-state index in [-0.39, 0.29) is 18.2 Å². The van der Waals surface area contributed by atoms with Gasteiger partial charge in [0.15, 0.2) is 6.54 Å². The number of nitrogens with one attached hydrogen (secondary N) is 2. The summed E-state index contributed by atoms with van der Waals surface area (Å²) in [5.41, 5.74) is 1.07. The lowest BCUT2D eigenvalue weighted by molar-refractivity contribution is -0.682. The Balaban J connectivity index is 2.09. The van der Waals surface area contributed by atoms with E-state index in [4.69, 9.17) is 11.6 Å². The van der Waals surface area contributed by atoms with Crippen LogP contribution in [0.5, 0.6) is 5.75 Å². The van der Waals surface area contributed by atoms with Crippen LogP contribution in [0.3, 0.4) is 0 Å². The van der Waals surface area contributed by atoms with Crippen LogP contribution in [0, 0.1) is 6.92 Å². The summed E-state index contributed by atoms with van der Waals surface area (Å²) >= 11 is 5.94. The molecule has 1 aromatic heterocycles. The monoisotopic (exact) mass is 266 g/mol. The zero-order valence-corrected chi connectivity index (χ0v) is 10.5. The molecule has 0 aliphatic carbocycles. The Kier molecular flexibility index (Phi) is 3.53. The zero-order valence-electron chi connectivity index (χ0n) is 9.77. The van der Waals surface area contributed by atoms with Crippen molar-refractivity contribution in [3.63, 3.8) is 0 Å². The van der Waals surface area contributed by atoms with Crippen molar-refractivity contribution in [2.75, 3.05) is 5.32 Å². The van der Waals surface area contributed by atoms with Crippen LogP contribution in [-0.2, 0) is 11.3 Å². The van der Waals surface area contributed by atoms with Gasteiger partial charge in [0.25, 0.3) is 5.91 Å². The smallest absolute Gasteiger partial charge is 0.266 e. The van der Waals surface area contributed by atoms with Crippen molar-refractivity contribution in [3.8, 4) is 5.75 Å². The fraction of sp³-hybridized carbons (Fsp3) is 0.167. The van der Waals surface area contributed by atoms with E-state index in [1.54, 1.807) is 30.2 Å². The number of carbonyl (C=O) groups excluding carboxylic acids is 1. The van der Waals surface area contributed by atoms with Gasteiger partial charge in [0.05, 0.1) is 5.69 Å². The zero-order chi connectivity index (χ0) is 13.1. The van der Waals surface area contributed by atoms with Gasteiger partial charge in [0.2, 0.25) is 6.33 Å². The molecular formula is C12H13ClN3O2+. The summed E-state index contributed by atoms with van der Waals surface area (Å²) in [6, 6.07) is 3.05. The minimum absolute atomic E-state index is 0.00400. The van der Waals surface area contributed by atoms with Gasteiger partial charge in [-0.3, -0.25) is 9.78 Å². The van der Waals surface area contributed by atoms with Crippen molar-refractivity contribution in [2.24, 2.45) is 0 Å². The van der Waals surface area contributed by atoms with Gasteiger partial charge in [0, 0.05) is 5.02 Å². The number of rotatable bonds is 3. The Morgan fingerprint density at radius 2 is 2.33 bits per heavy atom. The Morgan fingerprint density at radius 3 is 3.00 bits per heavy atom. The van der Waals surface area contributed by atoms with Crippen molar-refractivity contribution >= 4 is 23.2 Å². The molecule has 1 aromatic carbocycles. The third-order valence-electron chi connectivity index (χ3n) is 2.48. The molecule has 2 aromatic rings. The lowest BCUT2D eigenvalue weighted by atomic mass is 10.2.